The maximum atomic E-state index is 5.51. The Morgan fingerprint density at radius 2 is 1.73 bits per heavy atom. The summed E-state index contributed by atoms with van der Waals surface area (Å²) in [4.78, 5) is 0. The second kappa shape index (κ2) is 7.63. The highest BCUT2D eigenvalue weighted by molar-refractivity contribution is 5.29. The van der Waals surface area contributed by atoms with E-state index in [-0.39, 0.29) is 0 Å². The molecule has 1 aromatic rings. The van der Waals surface area contributed by atoms with Gasteiger partial charge in [-0.05, 0) is 38.1 Å². The van der Waals surface area contributed by atoms with Crippen molar-refractivity contribution >= 4 is 0 Å². The molecular weight excluding hydrogens is 184 g/mol. The van der Waals surface area contributed by atoms with Gasteiger partial charge in [0.15, 0.2) is 0 Å². The van der Waals surface area contributed by atoms with Gasteiger partial charge in [-0.2, -0.15) is 0 Å². The van der Waals surface area contributed by atoms with Gasteiger partial charge < -0.3 is 4.74 Å². The number of benzene rings is 1. The van der Waals surface area contributed by atoms with Crippen LogP contribution in [0.1, 0.15) is 12.5 Å². The Bertz CT molecular complexity index is 320. The van der Waals surface area contributed by atoms with E-state index in [0.717, 1.165) is 11.5 Å². The lowest BCUT2D eigenvalue weighted by atomic mass is 10.2. The quantitative estimate of drug-likeness (QED) is 0.404. The molecule has 0 N–H and O–H groups in total. The second-order valence-corrected chi connectivity index (χ2v) is 2.81. The van der Waals surface area contributed by atoms with Crippen molar-refractivity contribution in [3.63, 3.8) is 0 Å². The molecule has 0 atom stereocenters. The third kappa shape index (κ3) is 4.87. The standard InChI is InChI=1S/C12H14O.C2H4/c1-4-11(5-2)13-12-8-6-10(3)7-9-12;1-2/h4-9H,1H2,2-3H3;1-2H2/b11-5+;. The van der Waals surface area contributed by atoms with Gasteiger partial charge in [0.2, 0.25) is 0 Å². The first-order valence-corrected chi connectivity index (χ1v) is 4.79. The zero-order chi connectivity index (χ0) is 11.7. The molecule has 0 heterocycles. The molecule has 0 aliphatic carbocycles. The van der Waals surface area contributed by atoms with Gasteiger partial charge in [-0.15, -0.1) is 13.2 Å². The maximum absolute atomic E-state index is 5.51. The molecule has 15 heavy (non-hydrogen) atoms. The van der Waals surface area contributed by atoms with Crippen molar-refractivity contribution in [2.24, 2.45) is 0 Å². The van der Waals surface area contributed by atoms with Gasteiger partial charge in [-0.3, -0.25) is 0 Å². The molecule has 0 saturated carbocycles. The van der Waals surface area contributed by atoms with E-state index in [1.54, 1.807) is 6.08 Å². The van der Waals surface area contributed by atoms with E-state index in [4.69, 9.17) is 4.74 Å². The number of hydrogen-bond acceptors (Lipinski definition) is 1. The Balaban J connectivity index is 0.000000921. The fourth-order valence-electron chi connectivity index (χ4n) is 0.961. The predicted octanol–water partition coefficient (Wildman–Crippen LogP) is 4.27. The summed E-state index contributed by atoms with van der Waals surface area (Å²) in [6, 6.07) is 7.93. The average Bonchev–Trinajstić information content (AvgIpc) is 2.31. The first-order valence-electron chi connectivity index (χ1n) is 4.79. The van der Waals surface area contributed by atoms with Gasteiger partial charge in [0.25, 0.3) is 0 Å². The molecular formula is C14H18O. The minimum absolute atomic E-state index is 0.781. The minimum Gasteiger partial charge on any atom is -0.458 e. The van der Waals surface area contributed by atoms with Crippen molar-refractivity contribution in [3.8, 4) is 5.75 Å². The van der Waals surface area contributed by atoms with Crippen molar-refractivity contribution in [2.75, 3.05) is 0 Å². The van der Waals surface area contributed by atoms with Crippen LogP contribution in [0.5, 0.6) is 5.75 Å². The average molecular weight is 202 g/mol. The molecule has 0 aromatic heterocycles. The first kappa shape index (κ1) is 13.2. The lowest BCUT2D eigenvalue weighted by Crippen LogP contribution is -1.90. The first-order chi connectivity index (χ1) is 7.26. The van der Waals surface area contributed by atoms with E-state index in [2.05, 4.69) is 19.7 Å². The molecule has 0 spiro atoms. The zero-order valence-corrected chi connectivity index (χ0v) is 9.49. The van der Waals surface area contributed by atoms with Gasteiger partial charge in [0.05, 0.1) is 0 Å². The van der Waals surface area contributed by atoms with Gasteiger partial charge >= 0.3 is 0 Å². The molecule has 1 rings (SSSR count). The summed E-state index contributed by atoms with van der Waals surface area (Å²) in [7, 11) is 0. The van der Waals surface area contributed by atoms with Crippen LogP contribution < -0.4 is 4.74 Å². The molecule has 0 amide bonds. The van der Waals surface area contributed by atoms with Crippen molar-refractivity contribution < 1.29 is 4.74 Å². The Hall–Kier alpha value is -1.76. The summed E-state index contributed by atoms with van der Waals surface area (Å²) in [5.74, 6) is 1.63. The minimum atomic E-state index is 0.781. The van der Waals surface area contributed by atoms with Gasteiger partial charge in [-0.25, -0.2) is 0 Å². The van der Waals surface area contributed by atoms with E-state index >= 15 is 0 Å². The number of aryl methyl sites for hydroxylation is 1. The van der Waals surface area contributed by atoms with Crippen LogP contribution in [0.4, 0.5) is 0 Å². The van der Waals surface area contributed by atoms with Crippen LogP contribution >= 0.6 is 0 Å². The Labute approximate surface area is 92.4 Å². The van der Waals surface area contributed by atoms with E-state index in [9.17, 15) is 0 Å². The van der Waals surface area contributed by atoms with Crippen LogP contribution in [-0.4, -0.2) is 0 Å². The second-order valence-electron chi connectivity index (χ2n) is 2.81. The molecule has 80 valence electrons. The maximum Gasteiger partial charge on any atom is 0.127 e. The Morgan fingerprint density at radius 1 is 1.20 bits per heavy atom. The van der Waals surface area contributed by atoms with E-state index < -0.39 is 0 Å². The molecule has 0 bridgehead atoms. The molecule has 1 aromatic carbocycles. The van der Waals surface area contributed by atoms with Crippen LogP contribution in [0.15, 0.2) is 61.9 Å². The molecule has 0 unspecified atom stereocenters. The molecule has 1 heteroatoms. The normalized spacial score (nSPS) is 9.87. The fraction of sp³-hybridized carbons (Fsp3) is 0.143. The van der Waals surface area contributed by atoms with Gasteiger partial charge in [-0.1, -0.05) is 24.3 Å². The summed E-state index contributed by atoms with van der Waals surface area (Å²) in [5.41, 5.74) is 1.23. The van der Waals surface area contributed by atoms with E-state index in [1.165, 1.54) is 5.56 Å². The smallest absolute Gasteiger partial charge is 0.127 e. The lowest BCUT2D eigenvalue weighted by molar-refractivity contribution is 0.443. The van der Waals surface area contributed by atoms with E-state index in [1.807, 2.05) is 44.2 Å². The highest BCUT2D eigenvalue weighted by Gasteiger charge is 1.94. The fourth-order valence-corrected chi connectivity index (χ4v) is 0.961. The predicted molar refractivity (Wildman–Crippen MR) is 67.0 cm³/mol. The Morgan fingerprint density at radius 3 is 2.13 bits per heavy atom. The highest BCUT2D eigenvalue weighted by atomic mass is 16.5. The molecule has 0 radical (unpaired) electrons. The monoisotopic (exact) mass is 202 g/mol. The van der Waals surface area contributed by atoms with Crippen LogP contribution in [0.3, 0.4) is 0 Å². The number of rotatable bonds is 3. The SMILES string of the molecule is C=C.C=C/C(=C\C)Oc1ccc(C)cc1. The van der Waals surface area contributed by atoms with Crippen LogP contribution in [0, 0.1) is 6.92 Å². The van der Waals surface area contributed by atoms with Crippen LogP contribution in [0.2, 0.25) is 0 Å². The molecule has 0 aliphatic heterocycles. The number of allylic oxidation sites excluding steroid dienone is 2. The summed E-state index contributed by atoms with van der Waals surface area (Å²) < 4.78 is 5.51. The third-order valence-corrected chi connectivity index (χ3v) is 1.74. The van der Waals surface area contributed by atoms with Crippen molar-refractivity contribution in [1.29, 1.82) is 0 Å². The van der Waals surface area contributed by atoms with E-state index in [0.29, 0.717) is 0 Å². The third-order valence-electron chi connectivity index (χ3n) is 1.74. The van der Waals surface area contributed by atoms with Crippen LogP contribution in [0.25, 0.3) is 0 Å². The van der Waals surface area contributed by atoms with Crippen molar-refractivity contribution in [2.45, 2.75) is 13.8 Å². The number of hydrogen-bond donors (Lipinski definition) is 0. The molecule has 0 saturated heterocycles. The van der Waals surface area contributed by atoms with Crippen molar-refractivity contribution in [3.05, 3.63) is 67.5 Å². The Kier molecular flexibility index (Phi) is 6.73. The molecule has 0 aliphatic rings. The number of ether oxygens (including phenoxy) is 1. The molecule has 0 fully saturated rings. The summed E-state index contributed by atoms with van der Waals surface area (Å²) in [6.45, 7) is 13.6. The summed E-state index contributed by atoms with van der Waals surface area (Å²) in [5, 5.41) is 0. The highest BCUT2D eigenvalue weighted by Crippen LogP contribution is 2.14. The summed E-state index contributed by atoms with van der Waals surface area (Å²) in [6.07, 6.45) is 3.58. The zero-order valence-electron chi connectivity index (χ0n) is 9.49. The largest absolute Gasteiger partial charge is 0.458 e. The van der Waals surface area contributed by atoms with Crippen LogP contribution in [-0.2, 0) is 0 Å². The summed E-state index contributed by atoms with van der Waals surface area (Å²) >= 11 is 0. The van der Waals surface area contributed by atoms with Crippen molar-refractivity contribution in [1.82, 2.24) is 0 Å². The lowest BCUT2D eigenvalue weighted by Gasteiger charge is -2.05. The van der Waals surface area contributed by atoms with Gasteiger partial charge in [0, 0.05) is 0 Å². The molecule has 1 nitrogen and oxygen atoms in total. The van der Waals surface area contributed by atoms with Gasteiger partial charge in [0.1, 0.15) is 11.5 Å². The topological polar surface area (TPSA) is 9.23 Å².